The molecule has 0 unspecified atom stereocenters. The van der Waals surface area contributed by atoms with Crippen LogP contribution in [0.1, 0.15) is 18.4 Å². The second-order valence-corrected chi connectivity index (χ2v) is 6.50. The second-order valence-electron chi connectivity index (χ2n) is 6.50. The second kappa shape index (κ2) is 7.89. The zero-order valence-electron chi connectivity index (χ0n) is 14.5. The molecule has 0 aromatic heterocycles. The number of nitrogens with zero attached hydrogens (tertiary/aromatic N) is 2. The van der Waals surface area contributed by atoms with Gasteiger partial charge in [0.1, 0.15) is 32.0 Å². The molecule has 1 heterocycles. The highest BCUT2D eigenvalue weighted by Gasteiger charge is 2.34. The van der Waals surface area contributed by atoms with Crippen molar-refractivity contribution in [2.45, 2.75) is 12.8 Å². The highest BCUT2D eigenvalue weighted by molar-refractivity contribution is 5.65. The van der Waals surface area contributed by atoms with Crippen LogP contribution in [-0.4, -0.2) is 42.0 Å². The Balaban J connectivity index is 1.57. The minimum atomic E-state index is -0.987. The number of quaternary nitrogens is 1. The fraction of sp³-hybridized carbons (Fsp3) is 0.300. The van der Waals surface area contributed by atoms with Crippen molar-refractivity contribution in [1.29, 1.82) is 5.26 Å². The van der Waals surface area contributed by atoms with Gasteiger partial charge in [0, 0.05) is 12.8 Å². The third-order valence-corrected chi connectivity index (χ3v) is 4.74. The smallest absolute Gasteiger partial charge is 0.449 e. The summed E-state index contributed by atoms with van der Waals surface area (Å²) in [4.78, 5) is 11.0. The number of hydrogen-bond acceptors (Lipinski definition) is 3. The maximum absolute atomic E-state index is 11.0. The number of carbonyl (C=O) groups is 1. The van der Waals surface area contributed by atoms with Crippen molar-refractivity contribution in [2.24, 2.45) is 0 Å². The monoisotopic (exact) mass is 352 g/mol. The van der Waals surface area contributed by atoms with Crippen molar-refractivity contribution >= 4 is 6.09 Å². The Labute approximate surface area is 152 Å². The summed E-state index contributed by atoms with van der Waals surface area (Å²) in [7, 11) is 0. The van der Waals surface area contributed by atoms with Crippen molar-refractivity contribution in [1.82, 2.24) is 5.43 Å². The van der Waals surface area contributed by atoms with E-state index < -0.39 is 6.09 Å². The van der Waals surface area contributed by atoms with Crippen LogP contribution in [0.3, 0.4) is 0 Å². The molecule has 1 saturated heterocycles. The first-order valence-corrected chi connectivity index (χ1v) is 8.71. The van der Waals surface area contributed by atoms with Gasteiger partial charge in [-0.1, -0.05) is 24.3 Å². The van der Waals surface area contributed by atoms with E-state index >= 15 is 0 Å². The number of benzene rings is 2. The molecule has 1 amide bonds. The lowest BCUT2D eigenvalue weighted by Gasteiger charge is -2.31. The summed E-state index contributed by atoms with van der Waals surface area (Å²) in [5.41, 5.74) is 5.37. The molecule has 1 aliphatic rings. The van der Waals surface area contributed by atoms with Crippen LogP contribution in [0.25, 0.3) is 11.1 Å². The normalized spacial score (nSPS) is 15.2. The summed E-state index contributed by atoms with van der Waals surface area (Å²) < 4.78 is 6.18. The lowest BCUT2D eigenvalue weighted by atomic mass is 10.0. The number of hydrogen-bond donors (Lipinski definition) is 2. The molecule has 0 radical (unpaired) electrons. The summed E-state index contributed by atoms with van der Waals surface area (Å²) >= 11 is 0. The van der Waals surface area contributed by atoms with Crippen molar-refractivity contribution in [3.63, 3.8) is 0 Å². The summed E-state index contributed by atoms with van der Waals surface area (Å²) in [6.07, 6.45) is 1.07. The highest BCUT2D eigenvalue weighted by Crippen LogP contribution is 2.23. The van der Waals surface area contributed by atoms with Crippen LogP contribution in [0.4, 0.5) is 4.79 Å². The van der Waals surface area contributed by atoms with Gasteiger partial charge in [0.25, 0.3) is 0 Å². The molecule has 1 fully saturated rings. The standard InChI is InChI=1S/C20H21N3O3/c21-15-16-3-5-17(6-4-16)18-7-9-19(10-8-18)26-14-13-23(22-20(24)25)11-1-2-12-23/h3-10,22H,1-2,11-14H2/p+1. The van der Waals surface area contributed by atoms with Crippen LogP contribution in [0.15, 0.2) is 48.5 Å². The van der Waals surface area contributed by atoms with Crippen LogP contribution in [0.5, 0.6) is 5.75 Å². The van der Waals surface area contributed by atoms with E-state index in [1.54, 1.807) is 12.1 Å². The average Bonchev–Trinajstić information content (AvgIpc) is 3.10. The van der Waals surface area contributed by atoms with Crippen LogP contribution >= 0.6 is 0 Å². The predicted octanol–water partition coefficient (Wildman–Crippen LogP) is 3.40. The van der Waals surface area contributed by atoms with Crippen LogP contribution in [-0.2, 0) is 0 Å². The molecule has 6 nitrogen and oxygen atoms in total. The number of amides is 1. The van der Waals surface area contributed by atoms with E-state index in [0.29, 0.717) is 23.3 Å². The Hall–Kier alpha value is -3.04. The third kappa shape index (κ3) is 4.32. The van der Waals surface area contributed by atoms with E-state index in [4.69, 9.17) is 15.1 Å². The van der Waals surface area contributed by atoms with Crippen LogP contribution in [0.2, 0.25) is 0 Å². The van der Waals surface area contributed by atoms with E-state index in [1.807, 2.05) is 36.4 Å². The van der Waals surface area contributed by atoms with Gasteiger partial charge in [0.05, 0.1) is 11.6 Å². The van der Waals surface area contributed by atoms with Crippen LogP contribution < -0.4 is 10.2 Å². The largest absolute Gasteiger partial charge is 0.488 e. The van der Waals surface area contributed by atoms with E-state index in [1.165, 1.54) is 0 Å². The van der Waals surface area contributed by atoms with Gasteiger partial charge in [-0.05, 0) is 35.4 Å². The minimum absolute atomic E-state index is 0.374. The molecule has 2 aromatic rings. The summed E-state index contributed by atoms with van der Waals surface area (Å²) in [5, 5.41) is 17.9. The number of ether oxygens (including phenoxy) is 1. The molecule has 2 N–H and O–H groups in total. The Bertz CT molecular complexity index is 789. The molecule has 0 aliphatic carbocycles. The summed E-state index contributed by atoms with van der Waals surface area (Å²) in [5.74, 6) is 0.759. The minimum Gasteiger partial charge on any atom is -0.488 e. The maximum atomic E-state index is 11.0. The quantitative estimate of drug-likeness (QED) is 0.781. The van der Waals surface area contributed by atoms with E-state index in [0.717, 1.165) is 42.8 Å². The molecule has 1 aliphatic heterocycles. The summed E-state index contributed by atoms with van der Waals surface area (Å²) in [6.45, 7) is 2.70. The zero-order chi connectivity index (χ0) is 18.4. The fourth-order valence-electron chi connectivity index (χ4n) is 3.35. The SMILES string of the molecule is N#Cc1ccc(-c2ccc(OCC[N+]3(NC(=O)O)CCCC3)cc2)cc1. The highest BCUT2D eigenvalue weighted by atomic mass is 16.5. The molecule has 6 heteroatoms. The first-order chi connectivity index (χ1) is 12.6. The Morgan fingerprint density at radius 2 is 1.65 bits per heavy atom. The van der Waals surface area contributed by atoms with Gasteiger partial charge < -0.3 is 9.84 Å². The molecule has 134 valence electrons. The van der Waals surface area contributed by atoms with Crippen molar-refractivity contribution in [3.05, 3.63) is 54.1 Å². The van der Waals surface area contributed by atoms with Crippen molar-refractivity contribution in [2.75, 3.05) is 26.2 Å². The topological polar surface area (TPSA) is 82.3 Å². The molecule has 2 aromatic carbocycles. The maximum Gasteiger partial charge on any atom is 0.449 e. The van der Waals surface area contributed by atoms with Gasteiger partial charge in [0.2, 0.25) is 0 Å². The number of nitriles is 1. The zero-order valence-corrected chi connectivity index (χ0v) is 14.5. The molecule has 3 rings (SSSR count). The first kappa shape index (κ1) is 17.8. The molecule has 0 bridgehead atoms. The lowest BCUT2D eigenvalue weighted by molar-refractivity contribution is -0.950. The van der Waals surface area contributed by atoms with Gasteiger partial charge in [0.15, 0.2) is 0 Å². The number of rotatable bonds is 6. The Morgan fingerprint density at radius 1 is 1.08 bits per heavy atom. The van der Waals surface area contributed by atoms with Gasteiger partial charge in [-0.15, -0.1) is 0 Å². The van der Waals surface area contributed by atoms with E-state index in [2.05, 4.69) is 11.5 Å². The first-order valence-electron chi connectivity index (χ1n) is 8.71. The lowest BCUT2D eigenvalue weighted by Crippen LogP contribution is -2.59. The molecule has 0 atom stereocenters. The van der Waals surface area contributed by atoms with Crippen molar-refractivity contribution < 1.29 is 19.2 Å². The van der Waals surface area contributed by atoms with Crippen LogP contribution in [0, 0.1) is 11.3 Å². The Morgan fingerprint density at radius 3 is 2.19 bits per heavy atom. The fourth-order valence-corrected chi connectivity index (χ4v) is 3.35. The van der Waals surface area contributed by atoms with Gasteiger partial charge in [-0.2, -0.15) is 10.7 Å². The molecular weight excluding hydrogens is 330 g/mol. The van der Waals surface area contributed by atoms with E-state index in [-0.39, 0.29) is 0 Å². The number of likely N-dealkylation sites (tertiary alicyclic amines) is 1. The molecular formula is C20H22N3O3+. The number of nitrogens with one attached hydrogen (secondary N) is 1. The predicted molar refractivity (Wildman–Crippen MR) is 97.3 cm³/mol. The Kier molecular flexibility index (Phi) is 5.40. The molecule has 0 spiro atoms. The van der Waals surface area contributed by atoms with Gasteiger partial charge in [-0.3, -0.25) is 0 Å². The molecule has 26 heavy (non-hydrogen) atoms. The van der Waals surface area contributed by atoms with Gasteiger partial charge in [-0.25, -0.2) is 9.39 Å². The average molecular weight is 352 g/mol. The third-order valence-electron chi connectivity index (χ3n) is 4.74. The van der Waals surface area contributed by atoms with Gasteiger partial charge >= 0.3 is 6.09 Å². The van der Waals surface area contributed by atoms with E-state index in [9.17, 15) is 4.79 Å². The number of carboxylic acid groups (broad SMARTS) is 1. The molecule has 0 saturated carbocycles. The summed E-state index contributed by atoms with van der Waals surface area (Å²) in [6, 6.07) is 17.3. The van der Waals surface area contributed by atoms with Crippen molar-refractivity contribution in [3.8, 4) is 22.9 Å².